The second-order valence-electron chi connectivity index (χ2n) is 3.89. The molecule has 84 valence electrons. The SMILES string of the molecule is N#CC1CCCC1NC(=O)c1csc(Br)c1. The largest absolute Gasteiger partial charge is 0.348 e. The zero-order chi connectivity index (χ0) is 11.5. The minimum atomic E-state index is -0.0749. The lowest BCUT2D eigenvalue weighted by atomic mass is 10.1. The number of hydrogen-bond donors (Lipinski definition) is 1. The van der Waals surface area contributed by atoms with E-state index in [1.54, 1.807) is 6.07 Å². The fourth-order valence-corrected chi connectivity index (χ4v) is 3.10. The van der Waals surface area contributed by atoms with Crippen molar-refractivity contribution in [3.05, 3.63) is 20.8 Å². The van der Waals surface area contributed by atoms with Crippen molar-refractivity contribution in [1.29, 1.82) is 5.26 Å². The molecule has 16 heavy (non-hydrogen) atoms. The lowest BCUT2D eigenvalue weighted by Crippen LogP contribution is -2.36. The molecule has 0 bridgehead atoms. The van der Waals surface area contributed by atoms with Gasteiger partial charge in [-0.05, 0) is 41.3 Å². The van der Waals surface area contributed by atoms with E-state index in [4.69, 9.17) is 5.26 Å². The van der Waals surface area contributed by atoms with Gasteiger partial charge in [0.05, 0.1) is 21.3 Å². The van der Waals surface area contributed by atoms with Crippen molar-refractivity contribution < 1.29 is 4.79 Å². The van der Waals surface area contributed by atoms with Gasteiger partial charge in [0.2, 0.25) is 0 Å². The summed E-state index contributed by atoms with van der Waals surface area (Å²) in [5.74, 6) is -0.0971. The standard InChI is InChI=1S/C11H11BrN2OS/c12-10-4-8(6-16-10)11(15)14-9-3-1-2-7(9)5-13/h4,6-7,9H,1-3H2,(H,14,15). The Kier molecular flexibility index (Phi) is 3.62. The first-order valence-electron chi connectivity index (χ1n) is 5.15. The van der Waals surface area contributed by atoms with Crippen LogP contribution in [0.5, 0.6) is 0 Å². The van der Waals surface area contributed by atoms with E-state index in [-0.39, 0.29) is 17.9 Å². The number of amides is 1. The molecule has 1 aromatic rings. The predicted molar refractivity (Wildman–Crippen MR) is 66.2 cm³/mol. The highest BCUT2D eigenvalue weighted by atomic mass is 79.9. The molecule has 3 nitrogen and oxygen atoms in total. The van der Waals surface area contributed by atoms with E-state index in [0.29, 0.717) is 5.56 Å². The minimum absolute atomic E-state index is 0.0222. The normalized spacial score (nSPS) is 24.0. The summed E-state index contributed by atoms with van der Waals surface area (Å²) in [5.41, 5.74) is 0.667. The van der Waals surface area contributed by atoms with Crippen LogP contribution in [0.25, 0.3) is 0 Å². The van der Waals surface area contributed by atoms with E-state index in [0.717, 1.165) is 23.0 Å². The molecule has 1 aliphatic carbocycles. The van der Waals surface area contributed by atoms with Crippen molar-refractivity contribution in [2.75, 3.05) is 0 Å². The maximum Gasteiger partial charge on any atom is 0.252 e. The smallest absolute Gasteiger partial charge is 0.252 e. The van der Waals surface area contributed by atoms with Crippen LogP contribution in [0.3, 0.4) is 0 Å². The van der Waals surface area contributed by atoms with Crippen LogP contribution in [0.2, 0.25) is 0 Å². The van der Waals surface area contributed by atoms with Crippen molar-refractivity contribution in [2.45, 2.75) is 25.3 Å². The Balaban J connectivity index is 2.00. The number of nitriles is 1. The molecule has 2 unspecified atom stereocenters. The number of hydrogen-bond acceptors (Lipinski definition) is 3. The molecule has 1 N–H and O–H groups in total. The first-order chi connectivity index (χ1) is 7.70. The van der Waals surface area contributed by atoms with Gasteiger partial charge >= 0.3 is 0 Å². The molecule has 0 radical (unpaired) electrons. The Hall–Kier alpha value is -0.860. The molecular formula is C11H11BrN2OS. The Bertz CT molecular complexity index is 437. The highest BCUT2D eigenvalue weighted by molar-refractivity contribution is 9.11. The van der Waals surface area contributed by atoms with E-state index >= 15 is 0 Å². The van der Waals surface area contributed by atoms with Gasteiger partial charge in [0, 0.05) is 11.4 Å². The summed E-state index contributed by atoms with van der Waals surface area (Å²) >= 11 is 4.81. The van der Waals surface area contributed by atoms with Crippen LogP contribution >= 0.6 is 27.3 Å². The average molecular weight is 299 g/mol. The van der Waals surface area contributed by atoms with Gasteiger partial charge in [0.1, 0.15) is 0 Å². The third-order valence-electron chi connectivity index (χ3n) is 2.83. The van der Waals surface area contributed by atoms with Gasteiger partial charge < -0.3 is 5.32 Å². The molecule has 1 fully saturated rings. The molecule has 1 aliphatic rings. The summed E-state index contributed by atoms with van der Waals surface area (Å²) in [4.78, 5) is 11.8. The van der Waals surface area contributed by atoms with E-state index < -0.39 is 0 Å². The van der Waals surface area contributed by atoms with E-state index in [2.05, 4.69) is 27.3 Å². The number of carbonyl (C=O) groups is 1. The number of nitrogens with one attached hydrogen (secondary N) is 1. The van der Waals surface area contributed by atoms with Crippen molar-refractivity contribution in [2.24, 2.45) is 5.92 Å². The van der Waals surface area contributed by atoms with Gasteiger partial charge in [-0.2, -0.15) is 5.26 Å². The zero-order valence-electron chi connectivity index (χ0n) is 8.57. The van der Waals surface area contributed by atoms with Gasteiger partial charge in [-0.25, -0.2) is 0 Å². The molecule has 2 rings (SSSR count). The van der Waals surface area contributed by atoms with Crippen LogP contribution in [-0.4, -0.2) is 11.9 Å². The molecule has 1 amide bonds. The number of carbonyl (C=O) groups excluding carboxylic acids is 1. The molecule has 1 aromatic heterocycles. The molecule has 0 saturated heterocycles. The van der Waals surface area contributed by atoms with Crippen LogP contribution in [0.4, 0.5) is 0 Å². The molecule has 0 aromatic carbocycles. The highest BCUT2D eigenvalue weighted by Crippen LogP contribution is 2.26. The summed E-state index contributed by atoms with van der Waals surface area (Å²) < 4.78 is 0.945. The van der Waals surface area contributed by atoms with Crippen LogP contribution < -0.4 is 5.32 Å². The monoisotopic (exact) mass is 298 g/mol. The summed E-state index contributed by atoms with van der Waals surface area (Å²) in [6, 6.07) is 4.08. The molecule has 2 atom stereocenters. The van der Waals surface area contributed by atoms with Crippen LogP contribution in [0.1, 0.15) is 29.6 Å². The summed E-state index contributed by atoms with van der Waals surface area (Å²) in [7, 11) is 0. The quantitative estimate of drug-likeness (QED) is 0.913. The van der Waals surface area contributed by atoms with Gasteiger partial charge in [-0.15, -0.1) is 11.3 Å². The lowest BCUT2D eigenvalue weighted by molar-refractivity contribution is 0.0933. The molecule has 0 aliphatic heterocycles. The molecule has 0 spiro atoms. The Labute approximate surface area is 107 Å². The maximum absolute atomic E-state index is 11.8. The van der Waals surface area contributed by atoms with E-state index in [1.807, 2.05) is 5.38 Å². The number of rotatable bonds is 2. The van der Waals surface area contributed by atoms with Crippen molar-refractivity contribution in [3.63, 3.8) is 0 Å². The first kappa shape index (κ1) is 11.6. The van der Waals surface area contributed by atoms with Gasteiger partial charge in [-0.1, -0.05) is 0 Å². The lowest BCUT2D eigenvalue weighted by Gasteiger charge is -2.14. The number of nitrogens with zero attached hydrogens (tertiary/aromatic N) is 1. The molecular weight excluding hydrogens is 288 g/mol. The Morgan fingerprint density at radius 3 is 3.06 bits per heavy atom. The molecule has 5 heteroatoms. The molecule has 1 heterocycles. The first-order valence-corrected chi connectivity index (χ1v) is 6.82. The van der Waals surface area contributed by atoms with Gasteiger partial charge in [0.25, 0.3) is 5.91 Å². The maximum atomic E-state index is 11.8. The minimum Gasteiger partial charge on any atom is -0.348 e. The summed E-state index contributed by atoms with van der Waals surface area (Å²) in [6.07, 6.45) is 2.83. The van der Waals surface area contributed by atoms with E-state index in [9.17, 15) is 4.79 Å². The van der Waals surface area contributed by atoms with Crippen molar-refractivity contribution in [3.8, 4) is 6.07 Å². The summed E-state index contributed by atoms with van der Waals surface area (Å²) in [6.45, 7) is 0. The topological polar surface area (TPSA) is 52.9 Å². The zero-order valence-corrected chi connectivity index (χ0v) is 11.0. The van der Waals surface area contributed by atoms with Crippen molar-refractivity contribution >= 4 is 33.2 Å². The highest BCUT2D eigenvalue weighted by Gasteiger charge is 2.28. The third kappa shape index (κ3) is 2.45. The van der Waals surface area contributed by atoms with Gasteiger partial charge in [0.15, 0.2) is 0 Å². The summed E-state index contributed by atoms with van der Waals surface area (Å²) in [5, 5.41) is 13.7. The van der Waals surface area contributed by atoms with Crippen molar-refractivity contribution in [1.82, 2.24) is 5.32 Å². The third-order valence-corrected chi connectivity index (χ3v) is 4.33. The van der Waals surface area contributed by atoms with E-state index in [1.165, 1.54) is 11.3 Å². The Morgan fingerprint density at radius 2 is 2.44 bits per heavy atom. The fourth-order valence-electron chi connectivity index (χ4n) is 1.97. The fraction of sp³-hybridized carbons (Fsp3) is 0.455. The molecule has 1 saturated carbocycles. The van der Waals surface area contributed by atoms with Gasteiger partial charge in [-0.3, -0.25) is 4.79 Å². The van der Waals surface area contributed by atoms with Crippen LogP contribution in [0, 0.1) is 17.2 Å². The number of thiophene rings is 1. The average Bonchev–Trinajstić information content (AvgIpc) is 2.86. The second-order valence-corrected chi connectivity index (χ2v) is 6.18. The predicted octanol–water partition coefficient (Wildman–Crippen LogP) is 2.93. The Morgan fingerprint density at radius 1 is 1.62 bits per heavy atom. The van der Waals surface area contributed by atoms with Crippen LogP contribution in [0.15, 0.2) is 15.2 Å². The number of halogens is 1. The van der Waals surface area contributed by atoms with Crippen LogP contribution in [-0.2, 0) is 0 Å². The second kappa shape index (κ2) is 4.98.